The van der Waals surface area contributed by atoms with E-state index in [1.54, 1.807) is 0 Å². The van der Waals surface area contributed by atoms with Crippen LogP contribution in [0.2, 0.25) is 0 Å². The van der Waals surface area contributed by atoms with Crippen molar-refractivity contribution < 1.29 is 8.42 Å². The maximum atomic E-state index is 10.8. The second kappa shape index (κ2) is 8.09. The van der Waals surface area contributed by atoms with Crippen LogP contribution < -0.4 is 10.5 Å². The predicted molar refractivity (Wildman–Crippen MR) is 75.0 cm³/mol. The molecule has 1 atom stereocenters. The van der Waals surface area contributed by atoms with Gasteiger partial charge in [-0.3, -0.25) is 0 Å². The quantitative estimate of drug-likeness (QED) is 0.665. The molecule has 1 aliphatic rings. The summed E-state index contributed by atoms with van der Waals surface area (Å²) in [6.45, 7) is 6.50. The van der Waals surface area contributed by atoms with E-state index in [9.17, 15) is 8.42 Å². The molecule has 1 heterocycles. The lowest BCUT2D eigenvalue weighted by molar-refractivity contribution is 0.282. The number of rotatable bonds is 7. The van der Waals surface area contributed by atoms with Crippen LogP contribution in [0.5, 0.6) is 0 Å². The first-order chi connectivity index (χ1) is 8.51. The Bertz CT molecular complexity index is 319. The Morgan fingerprint density at radius 1 is 1.33 bits per heavy atom. The molecule has 0 radical (unpaired) electrons. The van der Waals surface area contributed by atoms with Crippen LogP contribution in [0.4, 0.5) is 0 Å². The van der Waals surface area contributed by atoms with Crippen molar-refractivity contribution in [3.05, 3.63) is 0 Å². The number of primary sulfonamides is 1. The summed E-state index contributed by atoms with van der Waals surface area (Å²) in [4.78, 5) is 2.52. The lowest BCUT2D eigenvalue weighted by atomic mass is 10.1. The fourth-order valence-electron chi connectivity index (χ4n) is 2.48. The molecule has 108 valence electrons. The Labute approximate surface area is 111 Å². The molecule has 18 heavy (non-hydrogen) atoms. The number of nitrogens with zero attached hydrogens (tertiary/aromatic N) is 1. The van der Waals surface area contributed by atoms with Gasteiger partial charge in [-0.05, 0) is 58.3 Å². The van der Waals surface area contributed by atoms with Gasteiger partial charge >= 0.3 is 0 Å². The number of hydrogen-bond acceptors (Lipinski definition) is 4. The third-order valence-electron chi connectivity index (χ3n) is 3.40. The summed E-state index contributed by atoms with van der Waals surface area (Å²) in [5, 5.41) is 8.42. The standard InChI is InChI=1S/C12H27N3O2S/c1-2-8-15-9-3-5-12(6-10-15)14-7-4-11-18(13,16)17/h12,14H,2-11H2,1H3,(H2,13,16,17). The minimum Gasteiger partial charge on any atom is -0.314 e. The molecule has 0 aromatic carbocycles. The molecule has 0 saturated carbocycles. The molecule has 0 aromatic rings. The maximum Gasteiger partial charge on any atom is 0.209 e. The lowest BCUT2D eigenvalue weighted by Crippen LogP contribution is -2.33. The minimum atomic E-state index is -3.30. The van der Waals surface area contributed by atoms with E-state index in [-0.39, 0.29) is 5.75 Å². The molecule has 0 bridgehead atoms. The number of sulfonamides is 1. The van der Waals surface area contributed by atoms with Crippen LogP contribution in [-0.4, -0.2) is 51.3 Å². The highest BCUT2D eigenvalue weighted by Gasteiger charge is 2.15. The number of likely N-dealkylation sites (tertiary alicyclic amines) is 1. The smallest absolute Gasteiger partial charge is 0.209 e. The number of nitrogens with one attached hydrogen (secondary N) is 1. The second-order valence-corrected chi connectivity index (χ2v) is 6.88. The van der Waals surface area contributed by atoms with Gasteiger partial charge in [-0.15, -0.1) is 0 Å². The Morgan fingerprint density at radius 2 is 2.11 bits per heavy atom. The van der Waals surface area contributed by atoms with Gasteiger partial charge in [0.05, 0.1) is 5.75 Å². The lowest BCUT2D eigenvalue weighted by Gasteiger charge is -2.19. The van der Waals surface area contributed by atoms with Crippen molar-refractivity contribution in [1.29, 1.82) is 0 Å². The summed E-state index contributed by atoms with van der Waals surface area (Å²) in [5.41, 5.74) is 0. The monoisotopic (exact) mass is 277 g/mol. The van der Waals surface area contributed by atoms with Crippen LogP contribution in [-0.2, 0) is 10.0 Å². The molecule has 0 amide bonds. The Kier molecular flexibility index (Phi) is 7.14. The number of nitrogens with two attached hydrogens (primary N) is 1. The van der Waals surface area contributed by atoms with Crippen molar-refractivity contribution in [3.63, 3.8) is 0 Å². The first kappa shape index (κ1) is 15.9. The zero-order chi connectivity index (χ0) is 13.4. The van der Waals surface area contributed by atoms with E-state index in [2.05, 4.69) is 17.1 Å². The third-order valence-corrected chi connectivity index (χ3v) is 4.26. The Hall–Kier alpha value is -0.170. The molecule has 6 heteroatoms. The summed E-state index contributed by atoms with van der Waals surface area (Å²) in [7, 11) is -3.30. The summed E-state index contributed by atoms with van der Waals surface area (Å²) in [6.07, 6.45) is 5.40. The summed E-state index contributed by atoms with van der Waals surface area (Å²) in [6, 6.07) is 0.535. The first-order valence-electron chi connectivity index (χ1n) is 6.97. The van der Waals surface area contributed by atoms with Gasteiger partial charge in [0.2, 0.25) is 10.0 Å². The van der Waals surface area contributed by atoms with Crippen LogP contribution in [0.3, 0.4) is 0 Å². The summed E-state index contributed by atoms with van der Waals surface area (Å²) < 4.78 is 21.6. The van der Waals surface area contributed by atoms with Crippen molar-refractivity contribution in [2.45, 2.75) is 45.1 Å². The molecule has 0 aliphatic carbocycles. The van der Waals surface area contributed by atoms with Crippen molar-refractivity contribution in [1.82, 2.24) is 10.2 Å². The second-order valence-electron chi connectivity index (χ2n) is 5.14. The molecule has 1 saturated heterocycles. The molecule has 3 N–H and O–H groups in total. The van der Waals surface area contributed by atoms with Gasteiger partial charge in [-0.25, -0.2) is 13.6 Å². The maximum absolute atomic E-state index is 10.8. The minimum absolute atomic E-state index is 0.0781. The first-order valence-corrected chi connectivity index (χ1v) is 8.69. The van der Waals surface area contributed by atoms with Gasteiger partial charge < -0.3 is 10.2 Å². The van der Waals surface area contributed by atoms with Gasteiger partial charge in [0, 0.05) is 6.04 Å². The zero-order valence-electron chi connectivity index (χ0n) is 11.4. The largest absolute Gasteiger partial charge is 0.314 e. The molecular weight excluding hydrogens is 250 g/mol. The van der Waals surface area contributed by atoms with E-state index in [0.29, 0.717) is 12.5 Å². The fourth-order valence-corrected chi connectivity index (χ4v) is 3.03. The molecule has 1 aliphatic heterocycles. The Balaban J connectivity index is 2.15. The topological polar surface area (TPSA) is 75.4 Å². The molecular formula is C12H27N3O2S. The van der Waals surface area contributed by atoms with Crippen molar-refractivity contribution in [2.24, 2.45) is 5.14 Å². The van der Waals surface area contributed by atoms with Gasteiger partial charge in [-0.2, -0.15) is 0 Å². The Morgan fingerprint density at radius 3 is 2.78 bits per heavy atom. The number of hydrogen-bond donors (Lipinski definition) is 2. The molecule has 1 rings (SSSR count). The third kappa shape index (κ3) is 7.31. The van der Waals surface area contributed by atoms with Gasteiger partial charge in [0.1, 0.15) is 0 Å². The van der Waals surface area contributed by atoms with E-state index >= 15 is 0 Å². The van der Waals surface area contributed by atoms with E-state index in [1.165, 1.54) is 32.4 Å². The average Bonchev–Trinajstić information content (AvgIpc) is 2.50. The highest BCUT2D eigenvalue weighted by Crippen LogP contribution is 2.11. The van der Waals surface area contributed by atoms with Crippen LogP contribution in [0.25, 0.3) is 0 Å². The average molecular weight is 277 g/mol. The predicted octanol–water partition coefficient (Wildman–Crippen LogP) is 0.519. The van der Waals surface area contributed by atoms with Crippen molar-refractivity contribution in [2.75, 3.05) is 31.9 Å². The van der Waals surface area contributed by atoms with E-state index < -0.39 is 10.0 Å². The molecule has 5 nitrogen and oxygen atoms in total. The van der Waals surface area contributed by atoms with Crippen molar-refractivity contribution in [3.8, 4) is 0 Å². The highest BCUT2D eigenvalue weighted by atomic mass is 32.2. The van der Waals surface area contributed by atoms with Crippen LogP contribution in [0, 0.1) is 0 Å². The van der Waals surface area contributed by atoms with E-state index in [0.717, 1.165) is 19.5 Å². The molecule has 0 aromatic heterocycles. The summed E-state index contributed by atoms with van der Waals surface area (Å²) >= 11 is 0. The van der Waals surface area contributed by atoms with E-state index in [1.807, 2.05) is 0 Å². The fraction of sp³-hybridized carbons (Fsp3) is 1.00. The summed E-state index contributed by atoms with van der Waals surface area (Å²) in [5.74, 6) is 0.0781. The normalized spacial score (nSPS) is 22.9. The van der Waals surface area contributed by atoms with Gasteiger partial charge in [-0.1, -0.05) is 6.92 Å². The SMILES string of the molecule is CCCN1CCCC(NCCCS(N)(=O)=O)CC1. The van der Waals surface area contributed by atoms with Gasteiger partial charge in [0.15, 0.2) is 0 Å². The zero-order valence-corrected chi connectivity index (χ0v) is 12.2. The van der Waals surface area contributed by atoms with Gasteiger partial charge in [0.25, 0.3) is 0 Å². The highest BCUT2D eigenvalue weighted by molar-refractivity contribution is 7.89. The van der Waals surface area contributed by atoms with E-state index in [4.69, 9.17) is 5.14 Å². The van der Waals surface area contributed by atoms with Crippen molar-refractivity contribution >= 4 is 10.0 Å². The molecule has 0 spiro atoms. The van der Waals surface area contributed by atoms with Crippen LogP contribution in [0.1, 0.15) is 39.0 Å². The molecule has 1 fully saturated rings. The van der Waals surface area contributed by atoms with Crippen LogP contribution in [0.15, 0.2) is 0 Å². The molecule has 1 unspecified atom stereocenters. The van der Waals surface area contributed by atoms with Crippen LogP contribution >= 0.6 is 0 Å².